The Morgan fingerprint density at radius 1 is 1.05 bits per heavy atom. The monoisotopic (exact) mass is 300 g/mol. The lowest BCUT2D eigenvalue weighted by Crippen LogP contribution is -2.13. The maximum absolute atomic E-state index is 11.3. The lowest BCUT2D eigenvalue weighted by molar-refractivity contribution is -0.141. The van der Waals surface area contributed by atoms with Gasteiger partial charge in [-0.05, 0) is 36.2 Å². The van der Waals surface area contributed by atoms with Gasteiger partial charge in [-0.3, -0.25) is 4.79 Å². The van der Waals surface area contributed by atoms with Gasteiger partial charge in [0, 0.05) is 0 Å². The molecular formula is C17H32O2S. The lowest BCUT2D eigenvalue weighted by atomic mass is 10.1. The molecule has 0 aromatic heterocycles. The van der Waals surface area contributed by atoms with Gasteiger partial charge in [-0.15, -0.1) is 0 Å². The molecule has 0 aromatic rings. The molecule has 1 aliphatic carbocycles. The van der Waals surface area contributed by atoms with Crippen LogP contribution in [0, 0.1) is 5.41 Å². The predicted octanol–water partition coefficient (Wildman–Crippen LogP) is 5.20. The SMILES string of the molecule is CCCCCCCCCCSCC1(CC(=O)OC)CC1. The molecule has 1 aliphatic rings. The van der Waals surface area contributed by atoms with Crippen molar-refractivity contribution in [1.82, 2.24) is 0 Å². The van der Waals surface area contributed by atoms with Crippen LogP contribution >= 0.6 is 11.8 Å². The zero-order valence-corrected chi connectivity index (χ0v) is 14.2. The third-order valence-corrected chi connectivity index (χ3v) is 5.65. The number of unbranched alkanes of at least 4 members (excludes halogenated alkanes) is 7. The van der Waals surface area contributed by atoms with Crippen LogP contribution in [0.15, 0.2) is 0 Å². The van der Waals surface area contributed by atoms with Crippen molar-refractivity contribution < 1.29 is 9.53 Å². The molecule has 1 fully saturated rings. The zero-order chi connectivity index (χ0) is 14.7. The highest BCUT2D eigenvalue weighted by Crippen LogP contribution is 2.51. The molecule has 20 heavy (non-hydrogen) atoms. The van der Waals surface area contributed by atoms with Gasteiger partial charge in [-0.2, -0.15) is 11.8 Å². The largest absolute Gasteiger partial charge is 0.469 e. The molecule has 3 heteroatoms. The normalized spacial score (nSPS) is 16.1. The lowest BCUT2D eigenvalue weighted by Gasteiger charge is -2.12. The highest BCUT2D eigenvalue weighted by molar-refractivity contribution is 7.99. The number of hydrogen-bond donors (Lipinski definition) is 0. The summed E-state index contributed by atoms with van der Waals surface area (Å²) in [5.74, 6) is 2.38. The van der Waals surface area contributed by atoms with E-state index in [1.165, 1.54) is 77.1 Å². The molecule has 0 saturated heterocycles. The van der Waals surface area contributed by atoms with E-state index in [1.807, 2.05) is 11.8 Å². The van der Waals surface area contributed by atoms with E-state index < -0.39 is 0 Å². The molecule has 1 saturated carbocycles. The third-order valence-electron chi connectivity index (χ3n) is 4.25. The molecule has 0 aromatic carbocycles. The summed E-state index contributed by atoms with van der Waals surface area (Å²) >= 11 is 2.04. The zero-order valence-electron chi connectivity index (χ0n) is 13.4. The van der Waals surface area contributed by atoms with Crippen molar-refractivity contribution in [3.63, 3.8) is 0 Å². The minimum atomic E-state index is -0.0322. The van der Waals surface area contributed by atoms with E-state index in [0.29, 0.717) is 11.8 Å². The van der Waals surface area contributed by atoms with Crippen molar-refractivity contribution in [3.8, 4) is 0 Å². The van der Waals surface area contributed by atoms with E-state index >= 15 is 0 Å². The maximum Gasteiger partial charge on any atom is 0.306 e. The first-order chi connectivity index (χ1) is 9.72. The number of thioether (sulfide) groups is 1. The number of rotatable bonds is 13. The summed E-state index contributed by atoms with van der Waals surface area (Å²) in [6, 6.07) is 0. The average Bonchev–Trinajstić information content (AvgIpc) is 3.20. The molecule has 1 rings (SSSR count). The van der Waals surface area contributed by atoms with E-state index in [4.69, 9.17) is 4.74 Å². The Labute approximate surface area is 129 Å². The molecule has 0 aliphatic heterocycles. The second-order valence-electron chi connectivity index (χ2n) is 6.28. The highest BCUT2D eigenvalue weighted by Gasteiger charge is 2.44. The Morgan fingerprint density at radius 2 is 1.65 bits per heavy atom. The van der Waals surface area contributed by atoms with Gasteiger partial charge in [-0.1, -0.05) is 51.9 Å². The van der Waals surface area contributed by atoms with Crippen molar-refractivity contribution in [1.29, 1.82) is 0 Å². The van der Waals surface area contributed by atoms with E-state index in [9.17, 15) is 4.79 Å². The van der Waals surface area contributed by atoms with Crippen LogP contribution in [-0.2, 0) is 9.53 Å². The van der Waals surface area contributed by atoms with E-state index in [2.05, 4.69) is 6.92 Å². The van der Waals surface area contributed by atoms with Crippen LogP contribution in [0.4, 0.5) is 0 Å². The van der Waals surface area contributed by atoms with Gasteiger partial charge < -0.3 is 4.74 Å². The molecule has 0 bridgehead atoms. The summed E-state index contributed by atoms with van der Waals surface area (Å²) in [6.45, 7) is 2.27. The third kappa shape index (κ3) is 8.18. The summed E-state index contributed by atoms with van der Waals surface area (Å²) in [5, 5.41) is 0. The first kappa shape index (κ1) is 17.9. The fourth-order valence-electron chi connectivity index (χ4n) is 2.55. The molecular weight excluding hydrogens is 268 g/mol. The second-order valence-corrected chi connectivity index (χ2v) is 7.39. The summed E-state index contributed by atoms with van der Waals surface area (Å²) in [6.07, 6.45) is 14.2. The van der Waals surface area contributed by atoms with Crippen LogP contribution in [0.3, 0.4) is 0 Å². The Kier molecular flexibility index (Phi) is 9.41. The summed E-state index contributed by atoms with van der Waals surface area (Å²) < 4.78 is 4.78. The van der Waals surface area contributed by atoms with Gasteiger partial charge in [0.05, 0.1) is 13.5 Å². The molecule has 0 heterocycles. The van der Waals surface area contributed by atoms with Crippen LogP contribution in [-0.4, -0.2) is 24.6 Å². The maximum atomic E-state index is 11.3. The number of methoxy groups -OCH3 is 1. The van der Waals surface area contributed by atoms with Crippen LogP contribution in [0.1, 0.15) is 77.6 Å². The van der Waals surface area contributed by atoms with E-state index in [1.54, 1.807) is 0 Å². The van der Waals surface area contributed by atoms with Crippen molar-refractivity contribution in [2.24, 2.45) is 5.41 Å². The van der Waals surface area contributed by atoms with Gasteiger partial charge in [0.15, 0.2) is 0 Å². The van der Waals surface area contributed by atoms with Gasteiger partial charge >= 0.3 is 5.97 Å². The first-order valence-corrected chi connectivity index (χ1v) is 9.52. The predicted molar refractivity (Wildman–Crippen MR) is 88.2 cm³/mol. The first-order valence-electron chi connectivity index (χ1n) is 8.37. The number of ether oxygens (including phenoxy) is 1. The van der Waals surface area contributed by atoms with E-state index in [-0.39, 0.29) is 5.97 Å². The van der Waals surface area contributed by atoms with Crippen molar-refractivity contribution in [2.45, 2.75) is 77.6 Å². The number of hydrogen-bond acceptors (Lipinski definition) is 3. The van der Waals surface area contributed by atoms with Crippen LogP contribution < -0.4 is 0 Å². The molecule has 2 nitrogen and oxygen atoms in total. The second kappa shape index (κ2) is 10.5. The number of esters is 1. The Hall–Kier alpha value is -0.180. The molecule has 0 atom stereocenters. The molecule has 0 unspecified atom stereocenters. The topological polar surface area (TPSA) is 26.3 Å². The molecule has 0 radical (unpaired) electrons. The van der Waals surface area contributed by atoms with Gasteiger partial charge in [0.2, 0.25) is 0 Å². The molecule has 118 valence electrons. The fraction of sp³-hybridized carbons (Fsp3) is 0.941. The van der Waals surface area contributed by atoms with E-state index in [0.717, 1.165) is 5.75 Å². The Balaban J connectivity index is 1.86. The Morgan fingerprint density at radius 3 is 2.20 bits per heavy atom. The van der Waals surface area contributed by atoms with Gasteiger partial charge in [0.25, 0.3) is 0 Å². The summed E-state index contributed by atoms with van der Waals surface area (Å²) in [4.78, 5) is 11.3. The van der Waals surface area contributed by atoms with Gasteiger partial charge in [-0.25, -0.2) is 0 Å². The molecule has 0 spiro atoms. The average molecular weight is 301 g/mol. The number of carbonyl (C=O) groups excluding carboxylic acids is 1. The van der Waals surface area contributed by atoms with Crippen molar-refractivity contribution >= 4 is 17.7 Å². The minimum Gasteiger partial charge on any atom is -0.469 e. The quantitative estimate of drug-likeness (QED) is 0.345. The molecule has 0 amide bonds. The summed E-state index contributed by atoms with van der Waals surface area (Å²) in [5.41, 5.74) is 0.303. The fourth-order valence-corrected chi connectivity index (χ4v) is 3.93. The van der Waals surface area contributed by atoms with Crippen molar-refractivity contribution in [2.75, 3.05) is 18.6 Å². The number of carbonyl (C=O) groups is 1. The van der Waals surface area contributed by atoms with Crippen LogP contribution in [0.25, 0.3) is 0 Å². The van der Waals surface area contributed by atoms with Crippen LogP contribution in [0.5, 0.6) is 0 Å². The minimum absolute atomic E-state index is 0.0322. The standard InChI is InChI=1S/C17H32O2S/c1-3-4-5-6-7-8-9-10-13-20-15-17(11-12-17)14-16(18)19-2/h3-15H2,1-2H3. The Bertz CT molecular complexity index is 262. The van der Waals surface area contributed by atoms with Crippen LogP contribution in [0.2, 0.25) is 0 Å². The van der Waals surface area contributed by atoms with Gasteiger partial charge in [0.1, 0.15) is 0 Å². The smallest absolute Gasteiger partial charge is 0.306 e. The summed E-state index contributed by atoms with van der Waals surface area (Å²) in [7, 11) is 1.49. The van der Waals surface area contributed by atoms with Crippen molar-refractivity contribution in [3.05, 3.63) is 0 Å². The molecule has 0 N–H and O–H groups in total. The highest BCUT2D eigenvalue weighted by atomic mass is 32.2.